The summed E-state index contributed by atoms with van der Waals surface area (Å²) in [6, 6.07) is 0.153. The Bertz CT molecular complexity index is 1150. The van der Waals surface area contributed by atoms with E-state index in [-0.39, 0.29) is 53.7 Å². The van der Waals surface area contributed by atoms with Crippen molar-refractivity contribution >= 4 is 41.7 Å². The first kappa shape index (κ1) is 24.5. The number of likely N-dealkylation sites (N-methyl/N-ethyl adjacent to an activating group) is 1. The highest BCUT2D eigenvalue weighted by Gasteiger charge is 2.35. The molecule has 186 valence electrons. The van der Waals surface area contributed by atoms with Crippen LogP contribution in [0.4, 0.5) is 20.8 Å². The Morgan fingerprint density at radius 2 is 2.11 bits per heavy atom. The average molecular weight is 509 g/mol. The van der Waals surface area contributed by atoms with Gasteiger partial charge in [-0.25, -0.2) is 19.2 Å². The van der Waals surface area contributed by atoms with E-state index < -0.39 is 11.9 Å². The molecular weight excluding hydrogens is 487 g/mol. The molecule has 2 atom stereocenters. The third kappa shape index (κ3) is 5.25. The number of carbonyl (C=O) groups excluding carboxylic acids is 2. The molecule has 0 saturated carbocycles. The van der Waals surface area contributed by atoms with Gasteiger partial charge in [0.15, 0.2) is 24.1 Å². The smallest absolute Gasteiger partial charge is 0.415 e. The van der Waals surface area contributed by atoms with Crippen molar-refractivity contribution in [3.63, 3.8) is 0 Å². The molecule has 2 amide bonds. The van der Waals surface area contributed by atoms with Gasteiger partial charge in [0.2, 0.25) is 0 Å². The van der Waals surface area contributed by atoms with Gasteiger partial charge in [0.1, 0.15) is 6.10 Å². The zero-order valence-corrected chi connectivity index (χ0v) is 19.4. The quantitative estimate of drug-likeness (QED) is 0.569. The minimum atomic E-state index is -0.519. The largest absolute Gasteiger partial charge is 0.483 e. The number of rotatable bonds is 5. The van der Waals surface area contributed by atoms with Crippen LogP contribution in [0.15, 0.2) is 12.4 Å². The molecule has 1 saturated heterocycles. The van der Waals surface area contributed by atoms with E-state index in [2.05, 4.69) is 25.2 Å². The molecule has 2 aromatic heterocycles. The van der Waals surface area contributed by atoms with Crippen molar-refractivity contribution in [2.45, 2.75) is 31.4 Å². The van der Waals surface area contributed by atoms with Gasteiger partial charge < -0.3 is 24.8 Å². The molecule has 0 bridgehead atoms. The van der Waals surface area contributed by atoms with Gasteiger partial charge in [-0.15, -0.1) is 0 Å². The number of nitrogens with one attached hydrogen (secondary N) is 1. The van der Waals surface area contributed by atoms with Crippen molar-refractivity contribution in [2.24, 2.45) is 0 Å². The summed E-state index contributed by atoms with van der Waals surface area (Å²) in [5.74, 6) is -0.153. The number of amides is 2. The maximum Gasteiger partial charge on any atom is 0.415 e. The Morgan fingerprint density at radius 3 is 2.89 bits per heavy atom. The molecule has 1 aliphatic carbocycles. The summed E-state index contributed by atoms with van der Waals surface area (Å²) < 4.78 is 24.4. The number of nitrogens with zero attached hydrogens (tertiary/aromatic N) is 5. The number of hydrogen-bond acceptors (Lipinski definition) is 9. The lowest BCUT2D eigenvalue weighted by Crippen LogP contribution is -2.35. The third-order valence-corrected chi connectivity index (χ3v) is 6.34. The van der Waals surface area contributed by atoms with Gasteiger partial charge in [-0.2, -0.15) is 0 Å². The lowest BCUT2D eigenvalue weighted by Gasteiger charge is -2.24. The van der Waals surface area contributed by atoms with E-state index in [0.717, 1.165) is 17.5 Å². The molecule has 3 aliphatic rings. The van der Waals surface area contributed by atoms with Crippen molar-refractivity contribution in [1.29, 1.82) is 0 Å². The number of hydrogen-bond donors (Lipinski definition) is 2. The summed E-state index contributed by atoms with van der Waals surface area (Å²) >= 11 is 6.09. The van der Waals surface area contributed by atoms with Crippen LogP contribution in [0.3, 0.4) is 0 Å². The van der Waals surface area contributed by atoms with Gasteiger partial charge in [0, 0.05) is 24.7 Å². The monoisotopic (exact) mass is 508 g/mol. The molecule has 14 heteroatoms. The molecule has 4 heterocycles. The molecule has 2 aromatic rings. The summed E-state index contributed by atoms with van der Waals surface area (Å²) in [5.41, 5.74) is 1.60. The number of fused-ring (bicyclic) bond motifs is 2. The first-order chi connectivity index (χ1) is 16.8. The van der Waals surface area contributed by atoms with Gasteiger partial charge >= 0.3 is 6.09 Å². The number of halogens is 2. The third-order valence-electron chi connectivity index (χ3n) is 5.93. The number of carbonyl (C=O) groups is 3. The summed E-state index contributed by atoms with van der Waals surface area (Å²) in [7, 11) is 1.98. The standard InChI is InChI=1S/C20H20ClFN6O4.CH2O2/c1-27(10-4-12-14(5-10)23-6-13(22)17(12)21)3-2-11-8-28(20(30)32-11)15-7-24-19-18(25-15)26-16(29)9-31-19;2-1-3/h6-7,10-11H,2-5,8-9H2,1H3,(H,25,26,29);1H,(H,2,3). The highest BCUT2D eigenvalue weighted by Crippen LogP contribution is 2.32. The highest BCUT2D eigenvalue weighted by atomic mass is 35.5. The number of pyridine rings is 1. The fourth-order valence-electron chi connectivity index (χ4n) is 4.14. The Morgan fingerprint density at radius 1 is 1.34 bits per heavy atom. The van der Waals surface area contributed by atoms with Gasteiger partial charge in [0.05, 0.1) is 24.0 Å². The molecular formula is C21H22ClFN6O6. The summed E-state index contributed by atoms with van der Waals surface area (Å²) in [4.78, 5) is 48.3. The molecule has 2 unspecified atom stereocenters. The van der Waals surface area contributed by atoms with Gasteiger partial charge in [-0.05, 0) is 25.5 Å². The zero-order valence-electron chi connectivity index (χ0n) is 18.6. The molecule has 2 N–H and O–H groups in total. The Balaban J connectivity index is 0.000000917. The maximum atomic E-state index is 13.7. The lowest BCUT2D eigenvalue weighted by molar-refractivity contribution is -0.123. The van der Waals surface area contributed by atoms with Crippen LogP contribution >= 0.6 is 11.6 Å². The topological polar surface area (TPSA) is 147 Å². The van der Waals surface area contributed by atoms with Crippen molar-refractivity contribution in [2.75, 3.05) is 37.0 Å². The van der Waals surface area contributed by atoms with E-state index in [1.807, 2.05) is 7.05 Å². The second kappa shape index (κ2) is 10.4. The van der Waals surface area contributed by atoms with E-state index >= 15 is 0 Å². The Hall–Kier alpha value is -3.58. The van der Waals surface area contributed by atoms with Crippen LogP contribution in [0.2, 0.25) is 5.02 Å². The first-order valence-electron chi connectivity index (χ1n) is 10.7. The molecule has 0 radical (unpaired) electrons. The molecule has 2 aliphatic heterocycles. The number of carboxylic acid groups (broad SMARTS) is 1. The van der Waals surface area contributed by atoms with Crippen molar-refractivity contribution in [3.8, 4) is 5.88 Å². The van der Waals surface area contributed by atoms with E-state index in [1.54, 1.807) is 0 Å². The van der Waals surface area contributed by atoms with Crippen LogP contribution < -0.4 is 15.0 Å². The number of anilines is 2. The van der Waals surface area contributed by atoms with Crippen LogP contribution in [-0.4, -0.2) is 82.3 Å². The zero-order chi connectivity index (χ0) is 25.1. The number of ether oxygens (including phenoxy) is 2. The van der Waals surface area contributed by atoms with Crippen LogP contribution in [0.1, 0.15) is 17.7 Å². The van der Waals surface area contributed by atoms with E-state index in [9.17, 15) is 14.0 Å². The molecule has 1 fully saturated rings. The van der Waals surface area contributed by atoms with Crippen LogP contribution in [0.25, 0.3) is 0 Å². The minimum absolute atomic E-state index is 0.119. The molecule has 12 nitrogen and oxygen atoms in total. The van der Waals surface area contributed by atoms with Gasteiger partial charge in [-0.1, -0.05) is 11.6 Å². The van der Waals surface area contributed by atoms with E-state index in [4.69, 9.17) is 31.0 Å². The molecule has 0 aromatic carbocycles. The fraction of sp³-hybridized carbons (Fsp3) is 0.429. The summed E-state index contributed by atoms with van der Waals surface area (Å²) in [5, 5.41) is 9.62. The SMILES string of the molecule is CN(CCC1CN(c2cnc3c(n2)NC(=O)CO3)C(=O)O1)C1Cc2ncc(F)c(Cl)c2C1.O=CO. The molecule has 0 spiro atoms. The van der Waals surface area contributed by atoms with Crippen molar-refractivity contribution < 1.29 is 33.4 Å². The van der Waals surface area contributed by atoms with Crippen molar-refractivity contribution in [1.82, 2.24) is 19.9 Å². The van der Waals surface area contributed by atoms with E-state index in [1.165, 1.54) is 11.1 Å². The lowest BCUT2D eigenvalue weighted by atomic mass is 10.1. The predicted molar refractivity (Wildman–Crippen MR) is 120 cm³/mol. The average Bonchev–Trinajstić information content (AvgIpc) is 3.44. The normalized spacial score (nSPS) is 20.3. The second-order valence-corrected chi connectivity index (χ2v) is 8.50. The van der Waals surface area contributed by atoms with E-state index in [0.29, 0.717) is 32.4 Å². The van der Waals surface area contributed by atoms with Gasteiger partial charge in [0.25, 0.3) is 18.3 Å². The van der Waals surface area contributed by atoms with Gasteiger partial charge in [-0.3, -0.25) is 19.5 Å². The number of aromatic nitrogens is 3. The summed E-state index contributed by atoms with van der Waals surface area (Å²) in [6.07, 6.45) is 3.67. The van der Waals surface area contributed by atoms with Crippen LogP contribution in [0.5, 0.6) is 5.88 Å². The Labute approximate surface area is 204 Å². The molecule has 35 heavy (non-hydrogen) atoms. The first-order valence-corrected chi connectivity index (χ1v) is 11.1. The fourth-order valence-corrected chi connectivity index (χ4v) is 4.38. The van der Waals surface area contributed by atoms with Crippen LogP contribution in [-0.2, 0) is 27.2 Å². The minimum Gasteiger partial charge on any atom is -0.483 e. The molecule has 5 rings (SSSR count). The van der Waals surface area contributed by atoms with Crippen LogP contribution in [0, 0.1) is 5.82 Å². The highest BCUT2D eigenvalue weighted by molar-refractivity contribution is 6.31. The summed E-state index contributed by atoms with van der Waals surface area (Å²) in [6.45, 7) is 0.619. The number of cyclic esters (lactones) is 1. The maximum absolute atomic E-state index is 13.7. The van der Waals surface area contributed by atoms with Crippen molar-refractivity contribution in [3.05, 3.63) is 34.5 Å². The Kier molecular flexibility index (Phi) is 7.26. The predicted octanol–water partition coefficient (Wildman–Crippen LogP) is 1.51. The second-order valence-electron chi connectivity index (χ2n) is 8.12.